The normalized spacial score (nSPS) is 14.3. The second-order valence-corrected chi connectivity index (χ2v) is 8.39. The standard InChI is InChI=1S/C26H24N8O/c27-21-13-18(14-29-24(21)28)23-15-30-25(33-9-11-35-12-10-33)26-32-20(16-34(23)26)8-7-19-6-5-17-3-1-2-4-22(17)31-19/h1-8,13-16H,9-12,27H2,(H2,28,29). The Kier molecular flexibility index (Phi) is 5.23. The molecule has 1 aliphatic rings. The Morgan fingerprint density at radius 3 is 2.57 bits per heavy atom. The van der Waals surface area contributed by atoms with Gasteiger partial charge in [-0.2, -0.15) is 0 Å². The molecular weight excluding hydrogens is 440 g/mol. The highest BCUT2D eigenvalue weighted by molar-refractivity contribution is 5.81. The van der Waals surface area contributed by atoms with E-state index in [0.717, 1.165) is 58.1 Å². The minimum absolute atomic E-state index is 0.306. The highest BCUT2D eigenvalue weighted by Crippen LogP contribution is 2.29. The molecule has 0 unspecified atom stereocenters. The van der Waals surface area contributed by atoms with Crippen molar-refractivity contribution in [3.63, 3.8) is 0 Å². The van der Waals surface area contributed by atoms with Crippen LogP contribution in [-0.2, 0) is 4.74 Å². The summed E-state index contributed by atoms with van der Waals surface area (Å²) < 4.78 is 7.55. The number of hydrogen-bond donors (Lipinski definition) is 2. The van der Waals surface area contributed by atoms with Gasteiger partial charge in [0, 0.05) is 36.4 Å². The number of fused-ring (bicyclic) bond motifs is 2. The molecule has 6 rings (SSSR count). The molecule has 0 saturated carbocycles. The van der Waals surface area contributed by atoms with Crippen LogP contribution in [-0.4, -0.2) is 50.6 Å². The largest absolute Gasteiger partial charge is 0.396 e. The lowest BCUT2D eigenvalue weighted by Crippen LogP contribution is -2.37. The van der Waals surface area contributed by atoms with E-state index in [4.69, 9.17) is 31.2 Å². The molecule has 5 aromatic rings. The molecule has 0 atom stereocenters. The first-order valence-corrected chi connectivity index (χ1v) is 11.4. The molecule has 4 aromatic heterocycles. The van der Waals surface area contributed by atoms with E-state index in [2.05, 4.69) is 22.0 Å². The zero-order valence-electron chi connectivity index (χ0n) is 19.0. The van der Waals surface area contributed by atoms with Crippen molar-refractivity contribution in [3.8, 4) is 11.3 Å². The quantitative estimate of drug-likeness (QED) is 0.415. The Hall–Kier alpha value is -4.50. The molecule has 0 bridgehead atoms. The number of imidazole rings is 1. The summed E-state index contributed by atoms with van der Waals surface area (Å²) in [6.07, 6.45) is 9.45. The van der Waals surface area contributed by atoms with Gasteiger partial charge in [0.2, 0.25) is 0 Å². The van der Waals surface area contributed by atoms with E-state index in [-0.39, 0.29) is 0 Å². The zero-order valence-corrected chi connectivity index (χ0v) is 19.0. The van der Waals surface area contributed by atoms with Gasteiger partial charge in [0.05, 0.1) is 47.7 Å². The van der Waals surface area contributed by atoms with Gasteiger partial charge in [-0.05, 0) is 30.4 Å². The number of nitrogen functional groups attached to an aromatic ring is 2. The van der Waals surface area contributed by atoms with E-state index in [1.54, 1.807) is 6.20 Å². The molecule has 1 aliphatic heterocycles. The third kappa shape index (κ3) is 4.02. The Bertz CT molecular complexity index is 1570. The number of para-hydroxylation sites is 1. The summed E-state index contributed by atoms with van der Waals surface area (Å²) >= 11 is 0. The number of pyridine rings is 2. The second kappa shape index (κ2) is 8.69. The minimum atomic E-state index is 0.306. The van der Waals surface area contributed by atoms with Crippen LogP contribution in [0.5, 0.6) is 0 Å². The number of rotatable bonds is 4. The molecule has 4 N–H and O–H groups in total. The number of anilines is 3. The molecule has 1 aromatic carbocycles. The SMILES string of the molecule is Nc1cc(-c2cnc(N3CCOCC3)c3nc(C=Cc4ccc5ccccc5n4)cn23)cnc1N. The van der Waals surface area contributed by atoms with Crippen molar-refractivity contribution in [2.45, 2.75) is 0 Å². The third-order valence-corrected chi connectivity index (χ3v) is 6.09. The summed E-state index contributed by atoms with van der Waals surface area (Å²) in [5.74, 6) is 1.12. The molecule has 9 heteroatoms. The minimum Gasteiger partial charge on any atom is -0.396 e. The first-order chi connectivity index (χ1) is 17.2. The number of nitrogens with zero attached hydrogens (tertiary/aromatic N) is 6. The Morgan fingerprint density at radius 2 is 1.71 bits per heavy atom. The molecule has 0 amide bonds. The van der Waals surface area contributed by atoms with Crippen molar-refractivity contribution in [1.29, 1.82) is 0 Å². The molecule has 0 spiro atoms. The smallest absolute Gasteiger partial charge is 0.181 e. The number of benzene rings is 1. The lowest BCUT2D eigenvalue weighted by atomic mass is 10.2. The van der Waals surface area contributed by atoms with Crippen LogP contribution in [0.1, 0.15) is 11.4 Å². The highest BCUT2D eigenvalue weighted by atomic mass is 16.5. The van der Waals surface area contributed by atoms with Crippen LogP contribution in [0, 0.1) is 0 Å². The fraction of sp³-hybridized carbons (Fsp3) is 0.154. The number of nitrogens with two attached hydrogens (primary N) is 2. The Balaban J connectivity index is 1.44. The molecule has 174 valence electrons. The number of aromatic nitrogens is 5. The van der Waals surface area contributed by atoms with Gasteiger partial charge in [0.25, 0.3) is 0 Å². The Labute approximate surface area is 201 Å². The van der Waals surface area contributed by atoms with Crippen LogP contribution in [0.15, 0.2) is 61.1 Å². The Morgan fingerprint density at radius 1 is 0.886 bits per heavy atom. The topological polar surface area (TPSA) is 120 Å². The van der Waals surface area contributed by atoms with Crippen LogP contribution >= 0.6 is 0 Å². The molecule has 35 heavy (non-hydrogen) atoms. The van der Waals surface area contributed by atoms with Crippen molar-refractivity contribution < 1.29 is 4.74 Å². The van der Waals surface area contributed by atoms with Crippen LogP contribution < -0.4 is 16.4 Å². The van der Waals surface area contributed by atoms with Crippen LogP contribution in [0.2, 0.25) is 0 Å². The van der Waals surface area contributed by atoms with Crippen LogP contribution in [0.4, 0.5) is 17.3 Å². The molecule has 0 aliphatic carbocycles. The molecule has 9 nitrogen and oxygen atoms in total. The van der Waals surface area contributed by atoms with E-state index >= 15 is 0 Å². The number of ether oxygens (including phenoxy) is 1. The molecule has 5 heterocycles. The first kappa shape index (κ1) is 21.1. The van der Waals surface area contributed by atoms with Crippen molar-refractivity contribution in [3.05, 3.63) is 72.4 Å². The van der Waals surface area contributed by atoms with Crippen LogP contribution in [0.25, 0.3) is 40.0 Å². The van der Waals surface area contributed by atoms with Gasteiger partial charge in [0.15, 0.2) is 11.5 Å². The van der Waals surface area contributed by atoms with E-state index in [1.807, 2.05) is 59.3 Å². The fourth-order valence-corrected chi connectivity index (χ4v) is 4.25. The molecule has 1 saturated heterocycles. The van der Waals surface area contributed by atoms with Gasteiger partial charge in [-0.15, -0.1) is 0 Å². The average Bonchev–Trinajstić information content (AvgIpc) is 3.33. The third-order valence-electron chi connectivity index (χ3n) is 6.09. The van der Waals surface area contributed by atoms with E-state index in [1.165, 1.54) is 0 Å². The van der Waals surface area contributed by atoms with Crippen LogP contribution in [0.3, 0.4) is 0 Å². The summed E-state index contributed by atoms with van der Waals surface area (Å²) in [7, 11) is 0. The summed E-state index contributed by atoms with van der Waals surface area (Å²) in [6, 6.07) is 14.0. The highest BCUT2D eigenvalue weighted by Gasteiger charge is 2.20. The number of morpholine rings is 1. The van der Waals surface area contributed by atoms with Gasteiger partial charge in [-0.25, -0.2) is 19.9 Å². The summed E-state index contributed by atoms with van der Waals surface area (Å²) in [6.45, 7) is 2.85. The van der Waals surface area contributed by atoms with Gasteiger partial charge in [-0.1, -0.05) is 24.3 Å². The van der Waals surface area contributed by atoms with Crippen molar-refractivity contribution in [2.75, 3.05) is 42.7 Å². The fourth-order valence-electron chi connectivity index (χ4n) is 4.25. The van der Waals surface area contributed by atoms with Crippen molar-refractivity contribution in [1.82, 2.24) is 24.3 Å². The van der Waals surface area contributed by atoms with E-state index < -0.39 is 0 Å². The summed E-state index contributed by atoms with van der Waals surface area (Å²) in [5.41, 5.74) is 17.3. The predicted molar refractivity (Wildman–Crippen MR) is 139 cm³/mol. The number of hydrogen-bond acceptors (Lipinski definition) is 8. The van der Waals surface area contributed by atoms with Gasteiger partial charge in [0.1, 0.15) is 5.82 Å². The van der Waals surface area contributed by atoms with Gasteiger partial charge < -0.3 is 21.1 Å². The maximum atomic E-state index is 6.03. The predicted octanol–water partition coefficient (Wildman–Crippen LogP) is 3.51. The average molecular weight is 465 g/mol. The molecular formula is C26H24N8O. The monoisotopic (exact) mass is 464 g/mol. The van der Waals surface area contributed by atoms with Gasteiger partial charge in [-0.3, -0.25) is 4.40 Å². The van der Waals surface area contributed by atoms with Crippen molar-refractivity contribution in [2.24, 2.45) is 0 Å². The zero-order chi connectivity index (χ0) is 23.8. The van der Waals surface area contributed by atoms with Gasteiger partial charge >= 0.3 is 0 Å². The van der Waals surface area contributed by atoms with E-state index in [0.29, 0.717) is 24.7 Å². The summed E-state index contributed by atoms with van der Waals surface area (Å²) in [5, 5.41) is 1.11. The lowest BCUT2D eigenvalue weighted by Gasteiger charge is -2.28. The maximum absolute atomic E-state index is 6.03. The maximum Gasteiger partial charge on any atom is 0.181 e. The second-order valence-electron chi connectivity index (χ2n) is 8.39. The van der Waals surface area contributed by atoms with E-state index in [9.17, 15) is 0 Å². The lowest BCUT2D eigenvalue weighted by molar-refractivity contribution is 0.122. The summed E-state index contributed by atoms with van der Waals surface area (Å²) in [4.78, 5) is 20.8. The van der Waals surface area contributed by atoms with Crippen molar-refractivity contribution >= 4 is 46.0 Å². The molecule has 0 radical (unpaired) electrons. The first-order valence-electron chi connectivity index (χ1n) is 11.4. The molecule has 1 fully saturated rings.